The first-order valence-corrected chi connectivity index (χ1v) is 3.54. The van der Waals surface area contributed by atoms with Crippen LogP contribution in [-0.2, 0) is 0 Å². The van der Waals surface area contributed by atoms with Crippen molar-refractivity contribution < 1.29 is 5.11 Å². The Morgan fingerprint density at radius 3 is 1.64 bits per heavy atom. The topological polar surface area (TPSA) is 20.2 Å². The molecule has 1 aromatic carbocycles. The molecule has 1 nitrogen and oxygen atoms in total. The summed E-state index contributed by atoms with van der Waals surface area (Å²) in [5.74, 6) is 0.329. The van der Waals surface area contributed by atoms with E-state index in [-0.39, 0.29) is 8.41 Å². The summed E-state index contributed by atoms with van der Waals surface area (Å²) in [6, 6.07) is 7.09. The highest BCUT2D eigenvalue weighted by Crippen LogP contribution is 2.07. The molecule has 0 aromatic heterocycles. The van der Waals surface area contributed by atoms with E-state index in [0.717, 1.165) is 0 Å². The predicted molar refractivity (Wildman–Crippen MR) is 49.9 cm³/mol. The minimum absolute atomic E-state index is 0. The monoisotopic (exact) mass is 149 g/mol. The van der Waals surface area contributed by atoms with Gasteiger partial charge in [0.25, 0.3) is 0 Å². The van der Waals surface area contributed by atoms with E-state index in [2.05, 4.69) is 0 Å². The van der Waals surface area contributed by atoms with Gasteiger partial charge in [0.15, 0.2) is 0 Å². The number of phenols is 1. The van der Waals surface area contributed by atoms with Gasteiger partial charge in [-0.1, -0.05) is 31.5 Å². The molecule has 0 unspecified atom stereocenters. The number of rotatable bonds is 0. The third-order valence-corrected chi connectivity index (χ3v) is 1.03. The lowest BCUT2D eigenvalue weighted by molar-refractivity contribution is 0.475. The number of hydrogen-bond acceptors (Lipinski definition) is 1. The SMILES string of the molecule is CC.Cc1ccc(O)cc1.[B]. The highest BCUT2D eigenvalue weighted by atomic mass is 16.3. The van der Waals surface area contributed by atoms with Crippen LogP contribution in [0.3, 0.4) is 0 Å². The molecule has 0 fully saturated rings. The molecule has 1 aromatic rings. The summed E-state index contributed by atoms with van der Waals surface area (Å²) in [5.41, 5.74) is 1.17. The van der Waals surface area contributed by atoms with Crippen LogP contribution in [0.4, 0.5) is 0 Å². The van der Waals surface area contributed by atoms with Crippen LogP contribution in [0.1, 0.15) is 19.4 Å². The third-order valence-electron chi connectivity index (χ3n) is 1.03. The second kappa shape index (κ2) is 7.20. The first-order chi connectivity index (χ1) is 4.79. The highest BCUT2D eigenvalue weighted by Gasteiger charge is 1.82. The molecular formula is C9H14BO. The zero-order valence-electron chi connectivity index (χ0n) is 7.33. The summed E-state index contributed by atoms with van der Waals surface area (Å²) in [6.45, 7) is 5.99. The van der Waals surface area contributed by atoms with Crippen molar-refractivity contribution in [3.05, 3.63) is 29.8 Å². The quantitative estimate of drug-likeness (QED) is 0.561. The van der Waals surface area contributed by atoms with Gasteiger partial charge in [0.2, 0.25) is 0 Å². The van der Waals surface area contributed by atoms with E-state index >= 15 is 0 Å². The molecule has 0 bridgehead atoms. The van der Waals surface area contributed by atoms with Gasteiger partial charge < -0.3 is 5.11 Å². The van der Waals surface area contributed by atoms with Gasteiger partial charge in [0.1, 0.15) is 5.75 Å². The molecule has 0 atom stereocenters. The summed E-state index contributed by atoms with van der Waals surface area (Å²) in [4.78, 5) is 0. The van der Waals surface area contributed by atoms with Crippen LogP contribution < -0.4 is 0 Å². The summed E-state index contributed by atoms with van der Waals surface area (Å²) >= 11 is 0. The Balaban J connectivity index is 0. The van der Waals surface area contributed by atoms with Crippen molar-refractivity contribution in [2.45, 2.75) is 20.8 Å². The van der Waals surface area contributed by atoms with Gasteiger partial charge in [0, 0.05) is 8.41 Å². The maximum Gasteiger partial charge on any atom is 0.115 e. The number of phenolic OH excluding ortho intramolecular Hbond substituents is 1. The van der Waals surface area contributed by atoms with Crippen molar-refractivity contribution in [3.63, 3.8) is 0 Å². The van der Waals surface area contributed by atoms with Crippen LogP contribution in [0.5, 0.6) is 5.75 Å². The normalized spacial score (nSPS) is 7.18. The van der Waals surface area contributed by atoms with Gasteiger partial charge in [0.05, 0.1) is 0 Å². The van der Waals surface area contributed by atoms with Crippen LogP contribution >= 0.6 is 0 Å². The number of aryl methyl sites for hydroxylation is 1. The Morgan fingerprint density at radius 2 is 1.36 bits per heavy atom. The van der Waals surface area contributed by atoms with E-state index in [1.54, 1.807) is 12.1 Å². The Morgan fingerprint density at radius 1 is 1.00 bits per heavy atom. The molecule has 0 amide bonds. The lowest BCUT2D eigenvalue weighted by atomic mass is 10.2. The van der Waals surface area contributed by atoms with Gasteiger partial charge in [-0.2, -0.15) is 0 Å². The van der Waals surface area contributed by atoms with Crippen molar-refractivity contribution in [1.82, 2.24) is 0 Å². The maximum atomic E-state index is 8.76. The van der Waals surface area contributed by atoms with Crippen molar-refractivity contribution in [2.75, 3.05) is 0 Å². The fourth-order valence-corrected chi connectivity index (χ4v) is 0.545. The Kier molecular flexibility index (Phi) is 8.33. The molecule has 11 heavy (non-hydrogen) atoms. The molecule has 3 radical (unpaired) electrons. The zero-order chi connectivity index (χ0) is 7.98. The average molecular weight is 149 g/mol. The molecule has 1 rings (SSSR count). The Labute approximate surface area is 70.6 Å². The minimum Gasteiger partial charge on any atom is -0.508 e. The third kappa shape index (κ3) is 5.53. The number of benzene rings is 1. The summed E-state index contributed by atoms with van der Waals surface area (Å²) < 4.78 is 0. The average Bonchev–Trinajstić information content (AvgIpc) is 2.00. The van der Waals surface area contributed by atoms with Gasteiger partial charge in [-0.25, -0.2) is 0 Å². The molecule has 0 spiro atoms. The first kappa shape index (κ1) is 12.7. The van der Waals surface area contributed by atoms with Gasteiger partial charge in [-0.05, 0) is 19.1 Å². The van der Waals surface area contributed by atoms with E-state index in [1.165, 1.54) is 5.56 Å². The second-order valence-corrected chi connectivity index (χ2v) is 1.84. The van der Waals surface area contributed by atoms with Gasteiger partial charge in [-0.3, -0.25) is 0 Å². The molecule has 59 valence electrons. The second-order valence-electron chi connectivity index (χ2n) is 1.84. The molecule has 1 N–H and O–H groups in total. The maximum absolute atomic E-state index is 8.76. The largest absolute Gasteiger partial charge is 0.508 e. The molecular weight excluding hydrogens is 135 g/mol. The lowest BCUT2D eigenvalue weighted by Crippen LogP contribution is -1.66. The summed E-state index contributed by atoms with van der Waals surface area (Å²) in [6.07, 6.45) is 0. The van der Waals surface area contributed by atoms with E-state index < -0.39 is 0 Å². The van der Waals surface area contributed by atoms with Crippen molar-refractivity contribution in [1.29, 1.82) is 0 Å². The Hall–Kier alpha value is -0.915. The fourth-order valence-electron chi connectivity index (χ4n) is 0.545. The lowest BCUT2D eigenvalue weighted by Gasteiger charge is -1.89. The van der Waals surface area contributed by atoms with Crippen LogP contribution in [0.15, 0.2) is 24.3 Å². The fraction of sp³-hybridized carbons (Fsp3) is 0.333. The molecule has 0 saturated carbocycles. The van der Waals surface area contributed by atoms with Crippen molar-refractivity contribution in [3.8, 4) is 5.75 Å². The van der Waals surface area contributed by atoms with E-state index in [1.807, 2.05) is 32.9 Å². The van der Waals surface area contributed by atoms with E-state index in [9.17, 15) is 0 Å². The highest BCUT2D eigenvalue weighted by molar-refractivity contribution is 5.75. The molecule has 0 aliphatic rings. The molecule has 0 saturated heterocycles. The summed E-state index contributed by atoms with van der Waals surface area (Å²) in [5, 5.41) is 8.76. The van der Waals surface area contributed by atoms with E-state index in [0.29, 0.717) is 5.75 Å². The van der Waals surface area contributed by atoms with Gasteiger partial charge in [-0.15, -0.1) is 0 Å². The van der Waals surface area contributed by atoms with Crippen LogP contribution in [0, 0.1) is 6.92 Å². The smallest absolute Gasteiger partial charge is 0.115 e. The molecule has 0 aliphatic carbocycles. The predicted octanol–water partition coefficient (Wildman–Crippen LogP) is 2.35. The first-order valence-electron chi connectivity index (χ1n) is 3.54. The number of hydrogen-bond donors (Lipinski definition) is 1. The number of aromatic hydroxyl groups is 1. The van der Waals surface area contributed by atoms with Gasteiger partial charge >= 0.3 is 0 Å². The summed E-state index contributed by atoms with van der Waals surface area (Å²) in [7, 11) is 0. The van der Waals surface area contributed by atoms with Crippen molar-refractivity contribution in [2.24, 2.45) is 0 Å². The standard InChI is InChI=1S/C7H8O.C2H6.B/c1-6-2-4-7(8)5-3-6;1-2;/h2-5,8H,1H3;1-2H3;. The van der Waals surface area contributed by atoms with Crippen LogP contribution in [0.2, 0.25) is 0 Å². The van der Waals surface area contributed by atoms with E-state index in [4.69, 9.17) is 5.11 Å². The zero-order valence-corrected chi connectivity index (χ0v) is 7.33. The van der Waals surface area contributed by atoms with Crippen LogP contribution in [-0.4, -0.2) is 13.5 Å². The molecule has 2 heteroatoms. The Bertz CT molecular complexity index is 148. The van der Waals surface area contributed by atoms with Crippen LogP contribution in [0.25, 0.3) is 0 Å². The minimum atomic E-state index is 0. The molecule has 0 aliphatic heterocycles. The molecule has 0 heterocycles. The van der Waals surface area contributed by atoms with Crippen molar-refractivity contribution >= 4 is 8.41 Å².